The average Bonchev–Trinajstić information content (AvgIpc) is 2.86. The lowest BCUT2D eigenvalue weighted by Crippen LogP contribution is -2.03. The van der Waals surface area contributed by atoms with Gasteiger partial charge in [0.1, 0.15) is 11.5 Å². The SMILES string of the molecule is c1ccc(CCOc2ccc(CNc3ccc(OCCc4ccccc4)cc3)cc2)cc1. The van der Waals surface area contributed by atoms with Gasteiger partial charge in [0, 0.05) is 25.1 Å². The van der Waals surface area contributed by atoms with Crippen LogP contribution in [0.4, 0.5) is 5.69 Å². The summed E-state index contributed by atoms with van der Waals surface area (Å²) in [6, 6.07) is 37.2. The lowest BCUT2D eigenvalue weighted by atomic mass is 10.2. The van der Waals surface area contributed by atoms with Crippen molar-refractivity contribution in [3.8, 4) is 11.5 Å². The molecule has 0 aromatic heterocycles. The maximum absolute atomic E-state index is 5.87. The highest BCUT2D eigenvalue weighted by Crippen LogP contribution is 2.18. The van der Waals surface area contributed by atoms with Gasteiger partial charge in [-0.05, 0) is 53.1 Å². The molecule has 3 nitrogen and oxygen atoms in total. The first kappa shape index (κ1) is 21.5. The van der Waals surface area contributed by atoms with Crippen molar-refractivity contribution in [2.45, 2.75) is 19.4 Å². The summed E-state index contributed by atoms with van der Waals surface area (Å²) < 4.78 is 11.7. The van der Waals surface area contributed by atoms with Crippen LogP contribution in [-0.2, 0) is 19.4 Å². The van der Waals surface area contributed by atoms with Crippen molar-refractivity contribution in [2.24, 2.45) is 0 Å². The van der Waals surface area contributed by atoms with Gasteiger partial charge in [-0.1, -0.05) is 72.8 Å². The first-order chi connectivity index (χ1) is 15.8. The Labute approximate surface area is 190 Å². The van der Waals surface area contributed by atoms with Crippen LogP contribution in [0.1, 0.15) is 16.7 Å². The maximum Gasteiger partial charge on any atom is 0.119 e. The molecule has 0 fully saturated rings. The minimum Gasteiger partial charge on any atom is -0.493 e. The number of benzene rings is 4. The zero-order valence-corrected chi connectivity index (χ0v) is 18.2. The first-order valence-electron chi connectivity index (χ1n) is 11.1. The van der Waals surface area contributed by atoms with Gasteiger partial charge in [-0.15, -0.1) is 0 Å². The van der Waals surface area contributed by atoms with Crippen LogP contribution < -0.4 is 14.8 Å². The molecular formula is C29H29NO2. The Morgan fingerprint density at radius 1 is 0.469 bits per heavy atom. The summed E-state index contributed by atoms with van der Waals surface area (Å²) in [7, 11) is 0. The topological polar surface area (TPSA) is 30.5 Å². The lowest BCUT2D eigenvalue weighted by Gasteiger charge is -2.10. The molecule has 4 aromatic rings. The molecule has 0 aliphatic carbocycles. The van der Waals surface area contributed by atoms with E-state index < -0.39 is 0 Å². The number of hydrogen-bond acceptors (Lipinski definition) is 3. The van der Waals surface area contributed by atoms with E-state index in [0.29, 0.717) is 13.2 Å². The van der Waals surface area contributed by atoms with Gasteiger partial charge in [0.15, 0.2) is 0 Å². The predicted molar refractivity (Wildman–Crippen MR) is 131 cm³/mol. The standard InChI is InChI=1S/C29H29NO2/c1-3-7-24(8-4-1)19-21-31-28-15-11-26(12-16-28)23-30-27-13-17-29(18-14-27)32-22-20-25-9-5-2-6-10-25/h1-18,30H,19-23H2. The van der Waals surface area contributed by atoms with E-state index in [4.69, 9.17) is 9.47 Å². The molecule has 0 bridgehead atoms. The van der Waals surface area contributed by atoms with E-state index >= 15 is 0 Å². The molecule has 0 aliphatic rings. The van der Waals surface area contributed by atoms with Crippen molar-refractivity contribution >= 4 is 5.69 Å². The number of anilines is 1. The molecular weight excluding hydrogens is 394 g/mol. The summed E-state index contributed by atoms with van der Waals surface area (Å²) in [5, 5.41) is 3.46. The average molecular weight is 424 g/mol. The van der Waals surface area contributed by atoms with E-state index in [1.165, 1.54) is 16.7 Å². The molecule has 0 unspecified atom stereocenters. The molecule has 0 amide bonds. The third-order valence-corrected chi connectivity index (χ3v) is 5.28. The Balaban J connectivity index is 1.17. The molecule has 0 saturated heterocycles. The summed E-state index contributed by atoms with van der Waals surface area (Å²) >= 11 is 0. The zero-order valence-electron chi connectivity index (χ0n) is 18.2. The molecule has 1 N–H and O–H groups in total. The predicted octanol–water partition coefficient (Wildman–Crippen LogP) is 6.54. The Kier molecular flexibility index (Phi) is 7.81. The van der Waals surface area contributed by atoms with Gasteiger partial charge >= 0.3 is 0 Å². The van der Waals surface area contributed by atoms with Gasteiger partial charge in [-0.25, -0.2) is 0 Å². The smallest absolute Gasteiger partial charge is 0.119 e. The quantitative estimate of drug-likeness (QED) is 0.297. The molecule has 0 aliphatic heterocycles. The first-order valence-corrected chi connectivity index (χ1v) is 11.1. The molecule has 0 spiro atoms. The summed E-state index contributed by atoms with van der Waals surface area (Å²) in [5.41, 5.74) is 4.87. The summed E-state index contributed by atoms with van der Waals surface area (Å²) in [5.74, 6) is 1.80. The fourth-order valence-corrected chi connectivity index (χ4v) is 3.44. The fourth-order valence-electron chi connectivity index (χ4n) is 3.44. The zero-order chi connectivity index (χ0) is 21.8. The van der Waals surface area contributed by atoms with Crippen LogP contribution in [-0.4, -0.2) is 13.2 Å². The minimum absolute atomic E-state index is 0.677. The molecule has 0 radical (unpaired) electrons. The van der Waals surface area contributed by atoms with E-state index in [2.05, 4.69) is 78.1 Å². The third kappa shape index (κ3) is 6.92. The second-order valence-corrected chi connectivity index (χ2v) is 7.69. The van der Waals surface area contributed by atoms with Gasteiger partial charge in [0.25, 0.3) is 0 Å². The monoisotopic (exact) mass is 423 g/mol. The fraction of sp³-hybridized carbons (Fsp3) is 0.172. The Bertz CT molecular complexity index is 957. The Hall–Kier alpha value is -3.72. The number of nitrogens with one attached hydrogen (secondary N) is 1. The van der Waals surface area contributed by atoms with Crippen LogP contribution in [0, 0.1) is 0 Å². The van der Waals surface area contributed by atoms with E-state index in [0.717, 1.165) is 36.6 Å². The van der Waals surface area contributed by atoms with Gasteiger partial charge in [0.2, 0.25) is 0 Å². The Morgan fingerprint density at radius 3 is 1.44 bits per heavy atom. The van der Waals surface area contributed by atoms with Crippen molar-refractivity contribution < 1.29 is 9.47 Å². The van der Waals surface area contributed by atoms with Gasteiger partial charge in [0.05, 0.1) is 13.2 Å². The molecule has 0 heterocycles. The minimum atomic E-state index is 0.677. The number of ether oxygens (including phenoxy) is 2. The highest BCUT2D eigenvalue weighted by molar-refractivity contribution is 5.47. The van der Waals surface area contributed by atoms with Crippen molar-refractivity contribution in [3.63, 3.8) is 0 Å². The van der Waals surface area contributed by atoms with E-state index in [1.54, 1.807) is 0 Å². The van der Waals surface area contributed by atoms with Crippen LogP contribution >= 0.6 is 0 Å². The van der Waals surface area contributed by atoms with Crippen molar-refractivity contribution in [1.29, 1.82) is 0 Å². The van der Waals surface area contributed by atoms with Crippen LogP contribution in [0.5, 0.6) is 11.5 Å². The molecule has 4 rings (SSSR count). The maximum atomic E-state index is 5.87. The van der Waals surface area contributed by atoms with Crippen molar-refractivity contribution in [2.75, 3.05) is 18.5 Å². The molecule has 32 heavy (non-hydrogen) atoms. The second kappa shape index (κ2) is 11.6. The molecule has 162 valence electrons. The van der Waals surface area contributed by atoms with Gasteiger partial charge < -0.3 is 14.8 Å². The summed E-state index contributed by atoms with van der Waals surface area (Å²) in [6.07, 6.45) is 1.82. The van der Waals surface area contributed by atoms with E-state index in [-0.39, 0.29) is 0 Å². The molecule has 0 atom stereocenters. The lowest BCUT2D eigenvalue weighted by molar-refractivity contribution is 0.321. The molecule has 3 heteroatoms. The summed E-state index contributed by atoms with van der Waals surface area (Å²) in [6.45, 7) is 2.12. The molecule has 0 saturated carbocycles. The molecule has 4 aromatic carbocycles. The van der Waals surface area contributed by atoms with Gasteiger partial charge in [-0.3, -0.25) is 0 Å². The summed E-state index contributed by atoms with van der Waals surface area (Å²) in [4.78, 5) is 0. The van der Waals surface area contributed by atoms with Crippen molar-refractivity contribution in [1.82, 2.24) is 0 Å². The van der Waals surface area contributed by atoms with Crippen LogP contribution in [0.25, 0.3) is 0 Å². The Morgan fingerprint density at radius 2 is 0.938 bits per heavy atom. The van der Waals surface area contributed by atoms with Crippen molar-refractivity contribution in [3.05, 3.63) is 126 Å². The van der Waals surface area contributed by atoms with Crippen LogP contribution in [0.3, 0.4) is 0 Å². The largest absolute Gasteiger partial charge is 0.493 e. The van der Waals surface area contributed by atoms with Crippen LogP contribution in [0.2, 0.25) is 0 Å². The van der Waals surface area contributed by atoms with Crippen LogP contribution in [0.15, 0.2) is 109 Å². The van der Waals surface area contributed by atoms with E-state index in [9.17, 15) is 0 Å². The van der Waals surface area contributed by atoms with E-state index in [1.807, 2.05) is 36.4 Å². The second-order valence-electron chi connectivity index (χ2n) is 7.69. The highest BCUT2D eigenvalue weighted by atomic mass is 16.5. The third-order valence-electron chi connectivity index (χ3n) is 5.28. The highest BCUT2D eigenvalue weighted by Gasteiger charge is 2.00. The van der Waals surface area contributed by atoms with Gasteiger partial charge in [-0.2, -0.15) is 0 Å². The number of rotatable bonds is 11. The normalized spacial score (nSPS) is 10.5. The number of hydrogen-bond donors (Lipinski definition) is 1.